The second-order valence-corrected chi connectivity index (χ2v) is 7.18. The third-order valence-corrected chi connectivity index (χ3v) is 5.82. The van der Waals surface area contributed by atoms with Crippen molar-refractivity contribution >= 4 is 15.2 Å². The minimum absolute atomic E-state index is 0.0796. The van der Waals surface area contributed by atoms with Gasteiger partial charge >= 0.3 is 15.2 Å². The van der Waals surface area contributed by atoms with E-state index in [1.54, 1.807) is 0 Å². The molecule has 0 aromatic carbocycles. The molecule has 0 rings (SSSR count). The average molecular weight is 261 g/mol. The first kappa shape index (κ1) is 15.3. The van der Waals surface area contributed by atoms with Crippen LogP contribution in [0.15, 0.2) is 0 Å². The Morgan fingerprint density at radius 3 is 1.67 bits per heavy atom. The van der Waals surface area contributed by atoms with Crippen molar-refractivity contribution in [3.63, 3.8) is 0 Å². The van der Waals surface area contributed by atoms with Gasteiger partial charge in [-0.1, -0.05) is 19.8 Å². The molecule has 15 heavy (non-hydrogen) atoms. The fourth-order valence-corrected chi connectivity index (χ4v) is 3.26. The lowest BCUT2D eigenvalue weighted by molar-refractivity contribution is 0.120. The van der Waals surface area contributed by atoms with Crippen molar-refractivity contribution in [3.05, 3.63) is 6.92 Å². The summed E-state index contributed by atoms with van der Waals surface area (Å²) in [4.78, 5) is 34.9. The summed E-state index contributed by atoms with van der Waals surface area (Å²) in [5.41, 5.74) is 0. The van der Waals surface area contributed by atoms with Crippen LogP contribution in [0.4, 0.5) is 0 Å². The Bertz CT molecular complexity index is 268. The predicted octanol–water partition coefficient (Wildman–Crippen LogP) is 0.382. The van der Waals surface area contributed by atoms with Crippen LogP contribution < -0.4 is 0 Å². The highest BCUT2D eigenvalue weighted by molar-refractivity contribution is 7.72. The predicted molar refractivity (Wildman–Crippen MR) is 52.9 cm³/mol. The zero-order valence-corrected chi connectivity index (χ0v) is 9.77. The summed E-state index contributed by atoms with van der Waals surface area (Å²) in [5.74, 6) is 0. The lowest BCUT2D eigenvalue weighted by Gasteiger charge is -2.29. The molecule has 0 bridgehead atoms. The Morgan fingerprint density at radius 1 is 1.00 bits per heavy atom. The van der Waals surface area contributed by atoms with Crippen LogP contribution in [0.1, 0.15) is 25.7 Å². The molecule has 5 N–H and O–H groups in total. The smallest absolute Gasteiger partial charge is 0.368 e. The highest BCUT2D eigenvalue weighted by Gasteiger charge is 2.58. The average Bonchev–Trinajstić information content (AvgIpc) is 2.00. The molecule has 0 amide bonds. The van der Waals surface area contributed by atoms with E-state index in [0.717, 1.165) is 0 Å². The zero-order valence-electron chi connectivity index (χ0n) is 7.98. The molecular weight excluding hydrogens is 246 g/mol. The molecule has 0 fully saturated rings. The number of aliphatic hydroxyl groups is 1. The molecule has 0 spiro atoms. The Labute approximate surface area is 87.5 Å². The van der Waals surface area contributed by atoms with Crippen molar-refractivity contribution in [2.24, 2.45) is 0 Å². The summed E-state index contributed by atoms with van der Waals surface area (Å²) in [6.07, 6.45) is 0.300. The molecule has 0 unspecified atom stereocenters. The van der Waals surface area contributed by atoms with E-state index >= 15 is 0 Å². The highest BCUT2D eigenvalue weighted by Crippen LogP contribution is 2.69. The minimum Gasteiger partial charge on any atom is -0.368 e. The van der Waals surface area contributed by atoms with Gasteiger partial charge in [0, 0.05) is 0 Å². The summed E-state index contributed by atoms with van der Waals surface area (Å²) < 4.78 is 21.7. The van der Waals surface area contributed by atoms with Crippen LogP contribution in [0.2, 0.25) is 0 Å². The van der Waals surface area contributed by atoms with Gasteiger partial charge in [0.15, 0.2) is 0 Å². The maximum Gasteiger partial charge on any atom is 0.369 e. The molecule has 0 aliphatic rings. The Morgan fingerprint density at radius 2 is 1.40 bits per heavy atom. The molecule has 1 radical (unpaired) electrons. The highest BCUT2D eigenvalue weighted by atomic mass is 31.2. The fourth-order valence-electron chi connectivity index (χ4n) is 1.000. The van der Waals surface area contributed by atoms with Crippen molar-refractivity contribution in [2.75, 3.05) is 0 Å². The maximum absolute atomic E-state index is 10.8. The van der Waals surface area contributed by atoms with E-state index in [1.807, 2.05) is 0 Å². The summed E-state index contributed by atoms with van der Waals surface area (Å²) in [6.45, 7) is 3.46. The van der Waals surface area contributed by atoms with E-state index in [4.69, 9.17) is 19.6 Å². The van der Waals surface area contributed by atoms with E-state index in [9.17, 15) is 14.2 Å². The summed E-state index contributed by atoms with van der Waals surface area (Å²) in [7, 11) is -10.6. The Hall–Kier alpha value is 0.260. The van der Waals surface area contributed by atoms with Gasteiger partial charge in [-0.05, 0) is 12.8 Å². The van der Waals surface area contributed by atoms with Crippen LogP contribution in [0.25, 0.3) is 0 Å². The fraction of sp³-hybridized carbons (Fsp3) is 0.833. The van der Waals surface area contributed by atoms with E-state index < -0.39 is 26.7 Å². The lowest BCUT2D eigenvalue weighted by Crippen LogP contribution is -2.28. The number of hydrogen-bond donors (Lipinski definition) is 5. The van der Waals surface area contributed by atoms with Crippen molar-refractivity contribution < 1.29 is 33.8 Å². The summed E-state index contributed by atoms with van der Waals surface area (Å²) in [5, 5.41) is 6.10. The van der Waals surface area contributed by atoms with Gasteiger partial charge in [-0.3, -0.25) is 9.13 Å². The van der Waals surface area contributed by atoms with Gasteiger partial charge in [-0.2, -0.15) is 0 Å². The molecular formula is C6H15O7P2. The first-order valence-corrected chi connectivity index (χ1v) is 7.41. The van der Waals surface area contributed by atoms with E-state index in [1.165, 1.54) is 0 Å². The van der Waals surface area contributed by atoms with Crippen LogP contribution in [-0.2, 0) is 9.13 Å². The molecule has 0 saturated carbocycles. The summed E-state index contributed by atoms with van der Waals surface area (Å²) in [6, 6.07) is 0. The summed E-state index contributed by atoms with van der Waals surface area (Å²) >= 11 is 0. The molecule has 0 aliphatic carbocycles. The maximum atomic E-state index is 10.8. The van der Waals surface area contributed by atoms with E-state index in [0.29, 0.717) is 12.8 Å². The quantitative estimate of drug-likeness (QED) is 0.344. The third-order valence-electron chi connectivity index (χ3n) is 1.95. The van der Waals surface area contributed by atoms with Gasteiger partial charge in [0.1, 0.15) is 0 Å². The van der Waals surface area contributed by atoms with Gasteiger partial charge in [0.2, 0.25) is 0 Å². The Kier molecular flexibility index (Phi) is 5.15. The first-order valence-electron chi connectivity index (χ1n) is 4.19. The largest absolute Gasteiger partial charge is 0.369 e. The van der Waals surface area contributed by atoms with Gasteiger partial charge in [0.05, 0.1) is 0 Å². The van der Waals surface area contributed by atoms with Gasteiger partial charge < -0.3 is 24.7 Å². The van der Waals surface area contributed by atoms with Crippen LogP contribution in [0.5, 0.6) is 0 Å². The van der Waals surface area contributed by atoms with Crippen LogP contribution >= 0.6 is 15.2 Å². The monoisotopic (exact) mass is 261 g/mol. The van der Waals surface area contributed by atoms with Crippen LogP contribution in [0, 0.1) is 6.92 Å². The molecule has 0 saturated heterocycles. The van der Waals surface area contributed by atoms with Gasteiger partial charge in [-0.25, -0.2) is 0 Å². The topological polar surface area (TPSA) is 135 Å². The molecule has 91 valence electrons. The molecule has 7 nitrogen and oxygen atoms in total. The number of hydrogen-bond acceptors (Lipinski definition) is 3. The number of rotatable bonds is 6. The van der Waals surface area contributed by atoms with Gasteiger partial charge in [-0.15, -0.1) is 0 Å². The van der Waals surface area contributed by atoms with Crippen LogP contribution in [0.3, 0.4) is 0 Å². The minimum atomic E-state index is -5.28. The van der Waals surface area contributed by atoms with E-state index in [2.05, 4.69) is 6.92 Å². The first-order chi connectivity index (χ1) is 6.56. The molecule has 0 heterocycles. The molecule has 9 heteroatoms. The number of unbranched alkanes of at least 4 members (excludes halogenated alkanes) is 2. The SMILES string of the molecule is [CH2]CCCCC(O)(P(=O)(O)O)P(=O)(O)O. The third kappa shape index (κ3) is 3.64. The van der Waals surface area contributed by atoms with Crippen molar-refractivity contribution in [1.29, 1.82) is 0 Å². The van der Waals surface area contributed by atoms with E-state index in [-0.39, 0.29) is 6.42 Å². The van der Waals surface area contributed by atoms with Crippen molar-refractivity contribution in [3.8, 4) is 0 Å². The Balaban J connectivity index is 4.91. The normalized spacial score (nSPS) is 14.3. The van der Waals surface area contributed by atoms with Crippen LogP contribution in [-0.4, -0.2) is 29.8 Å². The zero-order chi connectivity index (χ0) is 12.3. The van der Waals surface area contributed by atoms with Crippen molar-refractivity contribution in [2.45, 2.75) is 30.8 Å². The molecule has 0 aliphatic heterocycles. The molecule has 0 aromatic rings. The lowest BCUT2D eigenvalue weighted by atomic mass is 10.2. The van der Waals surface area contributed by atoms with Crippen molar-refractivity contribution in [1.82, 2.24) is 0 Å². The second kappa shape index (κ2) is 5.06. The van der Waals surface area contributed by atoms with Gasteiger partial charge in [0.25, 0.3) is 5.08 Å². The molecule has 0 atom stereocenters. The molecule has 0 aromatic heterocycles. The second-order valence-electron chi connectivity index (χ2n) is 3.17. The standard InChI is InChI=1S/C6H15O7P2/c1-2-3-4-5-6(7,14(8,9)10)15(11,12)13/h7H,1-5H2,(H2,8,9,10)(H2,11,12,13).